The Morgan fingerprint density at radius 3 is 2.50 bits per heavy atom. The zero-order chi connectivity index (χ0) is 22.9. The van der Waals surface area contributed by atoms with E-state index < -0.39 is 6.04 Å². The number of hydrogen-bond acceptors (Lipinski definition) is 5. The van der Waals surface area contributed by atoms with Gasteiger partial charge in [0.05, 0.1) is 6.54 Å². The van der Waals surface area contributed by atoms with E-state index in [1.807, 2.05) is 11.1 Å². The molecule has 1 aromatic carbocycles. The van der Waals surface area contributed by atoms with Crippen LogP contribution in [0.5, 0.6) is 0 Å². The summed E-state index contributed by atoms with van der Waals surface area (Å²) in [7, 11) is 0. The molecule has 0 aromatic heterocycles. The van der Waals surface area contributed by atoms with Crippen LogP contribution in [-0.2, 0) is 14.4 Å². The van der Waals surface area contributed by atoms with Crippen LogP contribution in [0.3, 0.4) is 0 Å². The lowest BCUT2D eigenvalue weighted by atomic mass is 10.1. The molecule has 3 rings (SSSR count). The van der Waals surface area contributed by atoms with E-state index in [9.17, 15) is 14.4 Å². The second-order valence-corrected chi connectivity index (χ2v) is 7.96. The summed E-state index contributed by atoms with van der Waals surface area (Å²) in [6, 6.07) is 6.26. The van der Waals surface area contributed by atoms with Gasteiger partial charge >= 0.3 is 0 Å². The van der Waals surface area contributed by atoms with E-state index in [1.54, 1.807) is 29.2 Å². The van der Waals surface area contributed by atoms with Crippen molar-refractivity contribution >= 4 is 35.1 Å². The zero-order valence-electron chi connectivity index (χ0n) is 18.3. The van der Waals surface area contributed by atoms with Gasteiger partial charge in [-0.05, 0) is 50.3 Å². The maximum absolute atomic E-state index is 13.1. The summed E-state index contributed by atoms with van der Waals surface area (Å²) in [5.41, 5.74) is 1.19. The number of carbonyl (C=O) groups excluding carboxylic acids is 3. The third-order valence-electron chi connectivity index (χ3n) is 5.44. The van der Waals surface area contributed by atoms with E-state index in [-0.39, 0.29) is 30.2 Å². The average molecular weight is 440 g/mol. The summed E-state index contributed by atoms with van der Waals surface area (Å²) in [6.07, 6.45) is 5.99. The molecule has 10 heteroatoms. The van der Waals surface area contributed by atoms with Crippen LogP contribution in [-0.4, -0.2) is 65.7 Å². The Balaban J connectivity index is 1.72. The highest BCUT2D eigenvalue weighted by molar-refractivity contribution is 5.98. The van der Waals surface area contributed by atoms with E-state index in [1.165, 1.54) is 6.92 Å². The lowest BCUT2D eigenvalue weighted by Crippen LogP contribution is -2.45. The van der Waals surface area contributed by atoms with Gasteiger partial charge in [-0.3, -0.25) is 19.7 Å². The molecule has 10 nitrogen and oxygen atoms in total. The number of benzene rings is 1. The fraction of sp³-hybridized carbons (Fsp3) is 0.500. The molecule has 0 aliphatic carbocycles. The molecule has 170 valence electrons. The van der Waals surface area contributed by atoms with E-state index in [0.29, 0.717) is 24.3 Å². The SMILES string of the molecule is CC(=O)Nc1cccc(NC(=NC2CCCCN(CC(=O)N3CCCC3)C2=O)NC#N)c1. The number of nitriles is 1. The molecule has 2 fully saturated rings. The molecular weight excluding hydrogens is 410 g/mol. The molecule has 0 spiro atoms. The monoisotopic (exact) mass is 439 g/mol. The van der Waals surface area contributed by atoms with Crippen molar-refractivity contribution in [2.75, 3.05) is 36.8 Å². The van der Waals surface area contributed by atoms with Gasteiger partial charge in [-0.1, -0.05) is 6.07 Å². The van der Waals surface area contributed by atoms with Crippen LogP contribution in [0, 0.1) is 11.5 Å². The molecule has 1 unspecified atom stereocenters. The van der Waals surface area contributed by atoms with Crippen LogP contribution in [0.2, 0.25) is 0 Å². The van der Waals surface area contributed by atoms with Gasteiger partial charge < -0.3 is 20.4 Å². The zero-order valence-corrected chi connectivity index (χ0v) is 18.3. The number of anilines is 2. The third kappa shape index (κ3) is 6.44. The first-order valence-electron chi connectivity index (χ1n) is 10.9. The van der Waals surface area contributed by atoms with Crippen molar-refractivity contribution in [1.82, 2.24) is 15.1 Å². The van der Waals surface area contributed by atoms with E-state index in [0.717, 1.165) is 38.8 Å². The fourth-order valence-corrected chi connectivity index (χ4v) is 3.91. The van der Waals surface area contributed by atoms with Gasteiger partial charge in [-0.25, -0.2) is 4.99 Å². The predicted molar refractivity (Wildman–Crippen MR) is 121 cm³/mol. The van der Waals surface area contributed by atoms with Crippen LogP contribution in [0.25, 0.3) is 0 Å². The molecule has 0 saturated carbocycles. The van der Waals surface area contributed by atoms with Crippen molar-refractivity contribution in [1.29, 1.82) is 5.26 Å². The smallest absolute Gasteiger partial charge is 0.247 e. The number of nitrogens with one attached hydrogen (secondary N) is 3. The molecule has 2 saturated heterocycles. The normalized spacial score (nSPS) is 19.2. The lowest BCUT2D eigenvalue weighted by molar-refractivity contribution is -0.140. The minimum Gasteiger partial charge on any atom is -0.341 e. The molecule has 0 bridgehead atoms. The molecule has 1 atom stereocenters. The van der Waals surface area contributed by atoms with E-state index in [4.69, 9.17) is 5.26 Å². The van der Waals surface area contributed by atoms with Crippen molar-refractivity contribution < 1.29 is 14.4 Å². The number of amides is 3. The number of carbonyl (C=O) groups is 3. The first-order valence-corrected chi connectivity index (χ1v) is 10.9. The van der Waals surface area contributed by atoms with Gasteiger partial charge in [0.25, 0.3) is 0 Å². The largest absolute Gasteiger partial charge is 0.341 e. The maximum atomic E-state index is 13.1. The highest BCUT2D eigenvalue weighted by Crippen LogP contribution is 2.18. The van der Waals surface area contributed by atoms with Crippen molar-refractivity contribution in [3.63, 3.8) is 0 Å². The molecule has 3 amide bonds. The summed E-state index contributed by atoms with van der Waals surface area (Å²) in [5, 5.41) is 17.3. The minimum atomic E-state index is -0.689. The summed E-state index contributed by atoms with van der Waals surface area (Å²) in [4.78, 5) is 44.8. The van der Waals surface area contributed by atoms with Gasteiger partial charge in [-0.2, -0.15) is 5.26 Å². The molecular formula is C22H29N7O3. The summed E-state index contributed by atoms with van der Waals surface area (Å²) in [6.45, 7) is 3.51. The van der Waals surface area contributed by atoms with Crippen LogP contribution in [0.1, 0.15) is 39.0 Å². The van der Waals surface area contributed by atoms with Crippen LogP contribution in [0.15, 0.2) is 29.3 Å². The number of aliphatic imine (C=N–C) groups is 1. The van der Waals surface area contributed by atoms with Gasteiger partial charge in [0.15, 0.2) is 6.19 Å². The standard InChI is InChI=1S/C22H29N7O3/c1-16(30)25-17-7-6-8-18(13-17)26-22(24-15-23)27-19-9-2-3-12-29(21(19)32)14-20(31)28-10-4-5-11-28/h6-8,13,19H,2-5,9-12,14H2,1H3,(H,25,30)(H2,24,26,27). The molecule has 3 N–H and O–H groups in total. The van der Waals surface area contributed by atoms with Gasteiger partial charge in [-0.15, -0.1) is 0 Å². The second-order valence-electron chi connectivity index (χ2n) is 7.96. The molecule has 2 aliphatic heterocycles. The van der Waals surface area contributed by atoms with Crippen molar-refractivity contribution in [3.05, 3.63) is 24.3 Å². The Labute approximate surface area is 187 Å². The second kappa shape index (κ2) is 11.1. The predicted octanol–water partition coefficient (Wildman–Crippen LogP) is 1.49. The topological polar surface area (TPSA) is 130 Å². The van der Waals surface area contributed by atoms with Gasteiger partial charge in [0, 0.05) is 37.9 Å². The Kier molecular flexibility index (Phi) is 8.02. The first-order chi connectivity index (χ1) is 15.5. The lowest BCUT2D eigenvalue weighted by Gasteiger charge is -2.25. The van der Waals surface area contributed by atoms with E-state index >= 15 is 0 Å². The maximum Gasteiger partial charge on any atom is 0.247 e. The quantitative estimate of drug-likeness (QED) is 0.276. The Morgan fingerprint density at radius 2 is 1.81 bits per heavy atom. The molecule has 1 aromatic rings. The Bertz CT molecular complexity index is 918. The fourth-order valence-electron chi connectivity index (χ4n) is 3.91. The third-order valence-corrected chi connectivity index (χ3v) is 5.44. The molecule has 0 radical (unpaired) electrons. The molecule has 32 heavy (non-hydrogen) atoms. The van der Waals surface area contributed by atoms with Crippen molar-refractivity contribution in [2.45, 2.75) is 45.1 Å². The van der Waals surface area contributed by atoms with E-state index in [2.05, 4.69) is 20.9 Å². The first kappa shape index (κ1) is 23.1. The number of guanidine groups is 1. The summed E-state index contributed by atoms with van der Waals surface area (Å²) < 4.78 is 0. The number of hydrogen-bond donors (Lipinski definition) is 3. The summed E-state index contributed by atoms with van der Waals surface area (Å²) in [5.74, 6) is -0.290. The summed E-state index contributed by atoms with van der Waals surface area (Å²) >= 11 is 0. The van der Waals surface area contributed by atoms with Crippen LogP contribution >= 0.6 is 0 Å². The Morgan fingerprint density at radius 1 is 1.12 bits per heavy atom. The molecule has 2 aliphatic rings. The molecule has 2 heterocycles. The number of nitrogens with zero attached hydrogens (tertiary/aromatic N) is 4. The minimum absolute atomic E-state index is 0.0243. The number of rotatable bonds is 5. The highest BCUT2D eigenvalue weighted by Gasteiger charge is 2.30. The Hall–Kier alpha value is -3.61. The van der Waals surface area contributed by atoms with Gasteiger partial charge in [0.2, 0.25) is 23.7 Å². The van der Waals surface area contributed by atoms with Crippen LogP contribution in [0.4, 0.5) is 11.4 Å². The van der Waals surface area contributed by atoms with Gasteiger partial charge in [0.1, 0.15) is 6.04 Å². The van der Waals surface area contributed by atoms with Crippen molar-refractivity contribution in [3.8, 4) is 6.19 Å². The average Bonchev–Trinajstić information content (AvgIpc) is 3.24. The van der Waals surface area contributed by atoms with Crippen molar-refractivity contribution in [2.24, 2.45) is 4.99 Å². The van der Waals surface area contributed by atoms with Crippen LogP contribution < -0.4 is 16.0 Å². The number of likely N-dealkylation sites (tertiary alicyclic amines) is 2. The highest BCUT2D eigenvalue weighted by atomic mass is 16.2.